The second kappa shape index (κ2) is 3.84. The first-order chi connectivity index (χ1) is 8.70. The highest BCUT2D eigenvalue weighted by Gasteiger charge is 2.12. The number of H-pyrrole nitrogens is 1. The number of rotatable bonds is 2. The first-order valence-corrected chi connectivity index (χ1v) is 5.80. The molecule has 4 heteroatoms. The number of benzene rings is 1. The lowest BCUT2D eigenvalue weighted by molar-refractivity contribution is 0.112. The van der Waals surface area contributed by atoms with Gasteiger partial charge in [0.2, 0.25) is 5.95 Å². The standard InChI is InChI=1S/C14H13N3O/c1-9-7-11(8-18)10(2)17(9)14-15-12-5-3-4-6-13(12)16-14/h3-8H,1-2H3,(H,15,16). The Hall–Kier alpha value is -2.36. The Labute approximate surface area is 104 Å². The summed E-state index contributed by atoms with van der Waals surface area (Å²) >= 11 is 0. The summed E-state index contributed by atoms with van der Waals surface area (Å²) in [5.41, 5.74) is 4.52. The molecule has 18 heavy (non-hydrogen) atoms. The first kappa shape index (κ1) is 10.8. The van der Waals surface area contributed by atoms with Crippen molar-refractivity contribution in [1.82, 2.24) is 14.5 Å². The summed E-state index contributed by atoms with van der Waals surface area (Å²) in [5.74, 6) is 0.749. The molecule has 3 rings (SSSR count). The van der Waals surface area contributed by atoms with Crippen LogP contribution in [0.1, 0.15) is 21.7 Å². The van der Waals surface area contributed by atoms with Gasteiger partial charge in [-0.15, -0.1) is 0 Å². The number of aryl methyl sites for hydroxylation is 1. The molecule has 0 radical (unpaired) electrons. The highest BCUT2D eigenvalue weighted by Crippen LogP contribution is 2.20. The maximum atomic E-state index is 11.0. The van der Waals surface area contributed by atoms with E-state index in [2.05, 4.69) is 9.97 Å². The molecule has 1 N–H and O–H groups in total. The highest BCUT2D eigenvalue weighted by atomic mass is 16.1. The number of fused-ring (bicyclic) bond motifs is 1. The third-order valence-electron chi connectivity index (χ3n) is 3.19. The number of aldehydes is 1. The summed E-state index contributed by atoms with van der Waals surface area (Å²) in [7, 11) is 0. The van der Waals surface area contributed by atoms with E-state index in [1.54, 1.807) is 0 Å². The monoisotopic (exact) mass is 239 g/mol. The molecule has 0 aliphatic heterocycles. The summed E-state index contributed by atoms with van der Waals surface area (Å²) in [6.45, 7) is 3.89. The van der Waals surface area contributed by atoms with E-state index in [0.29, 0.717) is 5.56 Å². The van der Waals surface area contributed by atoms with E-state index in [0.717, 1.165) is 34.7 Å². The molecule has 0 fully saturated rings. The molecule has 0 aliphatic carbocycles. The van der Waals surface area contributed by atoms with Gasteiger partial charge < -0.3 is 4.98 Å². The van der Waals surface area contributed by atoms with E-state index in [9.17, 15) is 4.79 Å². The van der Waals surface area contributed by atoms with Crippen molar-refractivity contribution in [3.05, 3.63) is 47.3 Å². The molecule has 2 aromatic heterocycles. The second-order valence-corrected chi connectivity index (χ2v) is 4.36. The maximum Gasteiger partial charge on any atom is 0.212 e. The van der Waals surface area contributed by atoms with Crippen LogP contribution in [0.4, 0.5) is 0 Å². The largest absolute Gasteiger partial charge is 0.323 e. The minimum absolute atomic E-state index is 0.702. The Morgan fingerprint density at radius 3 is 2.72 bits per heavy atom. The van der Waals surface area contributed by atoms with Gasteiger partial charge in [0, 0.05) is 17.0 Å². The molecule has 3 aromatic rings. The zero-order valence-corrected chi connectivity index (χ0v) is 10.3. The number of carbonyl (C=O) groups is 1. The number of nitrogens with one attached hydrogen (secondary N) is 1. The van der Waals surface area contributed by atoms with Gasteiger partial charge in [0.1, 0.15) is 0 Å². The van der Waals surface area contributed by atoms with Crippen LogP contribution in [-0.4, -0.2) is 20.8 Å². The lowest BCUT2D eigenvalue weighted by Gasteiger charge is -2.04. The number of nitrogens with zero attached hydrogens (tertiary/aromatic N) is 2. The summed E-state index contributed by atoms with van der Waals surface area (Å²) in [4.78, 5) is 18.8. The van der Waals surface area contributed by atoms with Crippen molar-refractivity contribution >= 4 is 17.3 Å². The molecule has 4 nitrogen and oxygen atoms in total. The van der Waals surface area contributed by atoms with Gasteiger partial charge in [0.05, 0.1) is 11.0 Å². The Kier molecular flexibility index (Phi) is 2.30. The van der Waals surface area contributed by atoms with E-state index in [4.69, 9.17) is 0 Å². The zero-order chi connectivity index (χ0) is 12.7. The molecule has 1 aromatic carbocycles. The molecule has 0 aliphatic rings. The zero-order valence-electron chi connectivity index (χ0n) is 10.3. The Balaban J connectivity index is 2.25. The van der Waals surface area contributed by atoms with E-state index in [1.807, 2.05) is 48.7 Å². The van der Waals surface area contributed by atoms with Crippen LogP contribution in [-0.2, 0) is 0 Å². The fraction of sp³-hybridized carbons (Fsp3) is 0.143. The third kappa shape index (κ3) is 1.46. The summed E-state index contributed by atoms with van der Waals surface area (Å²) in [6.07, 6.45) is 0.876. The number of aromatic amines is 1. The van der Waals surface area contributed by atoms with E-state index >= 15 is 0 Å². The third-order valence-corrected chi connectivity index (χ3v) is 3.19. The highest BCUT2D eigenvalue weighted by molar-refractivity contribution is 5.79. The number of imidazole rings is 1. The fourth-order valence-corrected chi connectivity index (χ4v) is 2.28. The molecule has 90 valence electrons. The molecule has 0 saturated carbocycles. The molecule has 0 bridgehead atoms. The molecule has 0 atom stereocenters. The molecule has 0 saturated heterocycles. The quantitative estimate of drug-likeness (QED) is 0.699. The molecular weight excluding hydrogens is 226 g/mol. The summed E-state index contributed by atoms with van der Waals surface area (Å²) < 4.78 is 1.96. The second-order valence-electron chi connectivity index (χ2n) is 4.36. The Morgan fingerprint density at radius 1 is 1.28 bits per heavy atom. The Bertz CT molecular complexity index is 704. The number of para-hydroxylation sites is 2. The van der Waals surface area contributed by atoms with Crippen molar-refractivity contribution in [2.24, 2.45) is 0 Å². The van der Waals surface area contributed by atoms with Gasteiger partial charge in [-0.05, 0) is 32.0 Å². The van der Waals surface area contributed by atoms with Crippen LogP contribution in [0.25, 0.3) is 17.0 Å². The number of carbonyl (C=O) groups excluding carboxylic acids is 1. The smallest absolute Gasteiger partial charge is 0.212 e. The summed E-state index contributed by atoms with van der Waals surface area (Å²) in [5, 5.41) is 0. The minimum Gasteiger partial charge on any atom is -0.323 e. The number of hydrogen-bond acceptors (Lipinski definition) is 2. The van der Waals surface area contributed by atoms with Crippen LogP contribution in [0.5, 0.6) is 0 Å². The van der Waals surface area contributed by atoms with Gasteiger partial charge in [-0.2, -0.15) is 0 Å². The van der Waals surface area contributed by atoms with Crippen LogP contribution in [0.3, 0.4) is 0 Å². The van der Waals surface area contributed by atoms with Crippen LogP contribution in [0.2, 0.25) is 0 Å². The van der Waals surface area contributed by atoms with Crippen molar-refractivity contribution in [2.75, 3.05) is 0 Å². The predicted octanol–water partition coefficient (Wildman–Crippen LogP) is 2.78. The van der Waals surface area contributed by atoms with E-state index < -0.39 is 0 Å². The maximum absolute atomic E-state index is 11.0. The Morgan fingerprint density at radius 2 is 2.06 bits per heavy atom. The van der Waals surface area contributed by atoms with Gasteiger partial charge >= 0.3 is 0 Å². The van der Waals surface area contributed by atoms with Gasteiger partial charge in [0.25, 0.3) is 0 Å². The number of hydrogen-bond donors (Lipinski definition) is 1. The van der Waals surface area contributed by atoms with Crippen molar-refractivity contribution in [3.63, 3.8) is 0 Å². The van der Waals surface area contributed by atoms with Crippen molar-refractivity contribution in [3.8, 4) is 5.95 Å². The van der Waals surface area contributed by atoms with Gasteiger partial charge in [-0.25, -0.2) is 4.98 Å². The SMILES string of the molecule is Cc1cc(C=O)c(C)n1-c1nc2ccccc2[nH]1. The van der Waals surface area contributed by atoms with Crippen LogP contribution in [0.15, 0.2) is 30.3 Å². The first-order valence-electron chi connectivity index (χ1n) is 5.80. The molecule has 0 unspecified atom stereocenters. The van der Waals surface area contributed by atoms with E-state index in [1.165, 1.54) is 0 Å². The average Bonchev–Trinajstić information content (AvgIpc) is 2.89. The lowest BCUT2D eigenvalue weighted by Crippen LogP contribution is -2.01. The molecule has 0 amide bonds. The van der Waals surface area contributed by atoms with Crippen molar-refractivity contribution in [1.29, 1.82) is 0 Å². The molecule has 2 heterocycles. The van der Waals surface area contributed by atoms with Crippen LogP contribution >= 0.6 is 0 Å². The normalized spacial score (nSPS) is 11.0. The van der Waals surface area contributed by atoms with Gasteiger partial charge in [-0.1, -0.05) is 12.1 Å². The van der Waals surface area contributed by atoms with Gasteiger partial charge in [0.15, 0.2) is 6.29 Å². The van der Waals surface area contributed by atoms with Crippen LogP contribution in [0, 0.1) is 13.8 Å². The minimum atomic E-state index is 0.702. The fourth-order valence-electron chi connectivity index (χ4n) is 2.28. The average molecular weight is 239 g/mol. The molecule has 0 spiro atoms. The topological polar surface area (TPSA) is 50.7 Å². The van der Waals surface area contributed by atoms with Gasteiger partial charge in [-0.3, -0.25) is 9.36 Å². The lowest BCUT2D eigenvalue weighted by atomic mass is 10.3. The van der Waals surface area contributed by atoms with E-state index in [-0.39, 0.29) is 0 Å². The van der Waals surface area contributed by atoms with Crippen LogP contribution < -0.4 is 0 Å². The molecular formula is C14H13N3O. The predicted molar refractivity (Wildman–Crippen MR) is 70.3 cm³/mol. The van der Waals surface area contributed by atoms with Crippen molar-refractivity contribution < 1.29 is 4.79 Å². The van der Waals surface area contributed by atoms with Crippen molar-refractivity contribution in [2.45, 2.75) is 13.8 Å². The number of aromatic nitrogens is 3. The summed E-state index contributed by atoms with van der Waals surface area (Å²) in [6, 6.07) is 9.75.